The maximum Gasteiger partial charge on any atom is 0.0501 e. The van der Waals surface area contributed by atoms with Gasteiger partial charge in [0.05, 0.1) is 5.25 Å². The molecule has 3 heteroatoms. The standard InChI is InChI=1S/C13H27NOS/c1-4-6-11-7-8-12(14-9-5-2)13(10-11)16(3)15/h11-14H,4-10H2,1-3H3. The Morgan fingerprint density at radius 1 is 1.25 bits per heavy atom. The SMILES string of the molecule is CCCNC1CCC(CCC)CC1S(C)=O. The highest BCUT2D eigenvalue weighted by Gasteiger charge is 2.31. The van der Waals surface area contributed by atoms with E-state index in [4.69, 9.17) is 0 Å². The third kappa shape index (κ3) is 4.17. The molecule has 1 N–H and O–H groups in total. The van der Waals surface area contributed by atoms with Crippen LogP contribution in [0.5, 0.6) is 0 Å². The Labute approximate surface area is 103 Å². The second-order valence-electron chi connectivity index (χ2n) is 5.07. The zero-order valence-corrected chi connectivity index (χ0v) is 11.8. The van der Waals surface area contributed by atoms with Gasteiger partial charge >= 0.3 is 0 Å². The normalized spacial score (nSPS) is 32.6. The smallest absolute Gasteiger partial charge is 0.0501 e. The first-order chi connectivity index (χ1) is 7.69. The summed E-state index contributed by atoms with van der Waals surface area (Å²) in [5.41, 5.74) is 0. The van der Waals surface area contributed by atoms with Crippen LogP contribution in [0, 0.1) is 5.92 Å². The molecule has 1 rings (SSSR count). The molecule has 0 radical (unpaired) electrons. The molecule has 1 saturated carbocycles. The number of rotatable bonds is 6. The molecule has 0 bridgehead atoms. The minimum absolute atomic E-state index is 0.386. The summed E-state index contributed by atoms with van der Waals surface area (Å²) in [6, 6.07) is 0.499. The lowest BCUT2D eigenvalue weighted by molar-refractivity contribution is 0.284. The Balaban J connectivity index is 2.49. The van der Waals surface area contributed by atoms with Crippen LogP contribution in [-0.2, 0) is 10.8 Å². The summed E-state index contributed by atoms with van der Waals surface area (Å²) in [5.74, 6) is 0.818. The van der Waals surface area contributed by atoms with Crippen LogP contribution in [0.2, 0.25) is 0 Å². The van der Waals surface area contributed by atoms with Crippen LogP contribution in [0.3, 0.4) is 0 Å². The van der Waals surface area contributed by atoms with Crippen LogP contribution in [0.1, 0.15) is 52.4 Å². The average molecular weight is 245 g/mol. The van der Waals surface area contributed by atoms with E-state index >= 15 is 0 Å². The highest BCUT2D eigenvalue weighted by atomic mass is 32.2. The monoisotopic (exact) mass is 245 g/mol. The van der Waals surface area contributed by atoms with Gasteiger partial charge in [0, 0.05) is 23.1 Å². The van der Waals surface area contributed by atoms with Gasteiger partial charge in [-0.3, -0.25) is 4.21 Å². The van der Waals surface area contributed by atoms with Gasteiger partial charge in [-0.2, -0.15) is 0 Å². The fraction of sp³-hybridized carbons (Fsp3) is 1.00. The Hall–Kier alpha value is 0.110. The predicted molar refractivity (Wildman–Crippen MR) is 72.2 cm³/mol. The number of nitrogens with one attached hydrogen (secondary N) is 1. The van der Waals surface area contributed by atoms with Crippen molar-refractivity contribution < 1.29 is 4.21 Å². The van der Waals surface area contributed by atoms with Crippen molar-refractivity contribution in [2.24, 2.45) is 5.92 Å². The molecule has 1 aliphatic rings. The van der Waals surface area contributed by atoms with Gasteiger partial charge in [-0.1, -0.05) is 26.7 Å². The molecule has 0 aromatic heterocycles. The van der Waals surface area contributed by atoms with Gasteiger partial charge in [-0.25, -0.2) is 0 Å². The van der Waals surface area contributed by atoms with Gasteiger partial charge in [0.25, 0.3) is 0 Å². The molecule has 16 heavy (non-hydrogen) atoms. The Kier molecular flexibility index (Phi) is 6.59. The predicted octanol–water partition coefficient (Wildman–Crippen LogP) is 2.70. The summed E-state index contributed by atoms with van der Waals surface area (Å²) in [4.78, 5) is 0. The van der Waals surface area contributed by atoms with Crippen LogP contribution in [-0.4, -0.2) is 28.3 Å². The Bertz CT molecular complexity index is 220. The van der Waals surface area contributed by atoms with E-state index in [1.54, 1.807) is 0 Å². The first-order valence-corrected chi connectivity index (χ1v) is 8.36. The summed E-state index contributed by atoms with van der Waals surface area (Å²) >= 11 is 0. The summed E-state index contributed by atoms with van der Waals surface area (Å²) in [6.45, 7) is 5.50. The molecule has 0 aromatic carbocycles. The van der Waals surface area contributed by atoms with Gasteiger partial charge in [-0.15, -0.1) is 0 Å². The maximum absolute atomic E-state index is 11.8. The fourth-order valence-electron chi connectivity index (χ4n) is 2.81. The van der Waals surface area contributed by atoms with Gasteiger partial charge in [0.15, 0.2) is 0 Å². The Morgan fingerprint density at radius 2 is 2.00 bits per heavy atom. The van der Waals surface area contributed by atoms with Gasteiger partial charge in [0.1, 0.15) is 0 Å². The molecule has 0 aromatic rings. The summed E-state index contributed by atoms with van der Waals surface area (Å²) in [7, 11) is -0.672. The van der Waals surface area contributed by atoms with Crippen molar-refractivity contribution in [3.05, 3.63) is 0 Å². The van der Waals surface area contributed by atoms with E-state index in [1.807, 2.05) is 6.26 Å². The van der Waals surface area contributed by atoms with Gasteiger partial charge in [0.2, 0.25) is 0 Å². The molecule has 2 nitrogen and oxygen atoms in total. The molecular formula is C13H27NOS. The van der Waals surface area contributed by atoms with Crippen LogP contribution >= 0.6 is 0 Å². The highest BCUT2D eigenvalue weighted by Crippen LogP contribution is 2.30. The van der Waals surface area contributed by atoms with E-state index in [0.717, 1.165) is 18.9 Å². The molecule has 96 valence electrons. The van der Waals surface area contributed by atoms with E-state index in [-0.39, 0.29) is 0 Å². The number of hydrogen-bond acceptors (Lipinski definition) is 2. The van der Waals surface area contributed by atoms with Crippen molar-refractivity contribution in [3.63, 3.8) is 0 Å². The highest BCUT2D eigenvalue weighted by molar-refractivity contribution is 7.85. The molecular weight excluding hydrogens is 218 g/mol. The molecule has 1 aliphatic carbocycles. The van der Waals surface area contributed by atoms with Crippen molar-refractivity contribution in [3.8, 4) is 0 Å². The third-order valence-electron chi connectivity index (χ3n) is 3.68. The van der Waals surface area contributed by atoms with Crippen molar-refractivity contribution in [1.82, 2.24) is 5.32 Å². The fourth-order valence-corrected chi connectivity index (χ4v) is 4.05. The van der Waals surface area contributed by atoms with E-state index in [9.17, 15) is 4.21 Å². The lowest BCUT2D eigenvalue weighted by atomic mass is 9.83. The molecule has 0 heterocycles. The first-order valence-electron chi connectivity index (χ1n) is 6.74. The molecule has 0 spiro atoms. The summed E-state index contributed by atoms with van der Waals surface area (Å²) < 4.78 is 11.8. The van der Waals surface area contributed by atoms with Crippen LogP contribution < -0.4 is 5.32 Å². The van der Waals surface area contributed by atoms with E-state index < -0.39 is 10.8 Å². The minimum Gasteiger partial charge on any atom is -0.313 e. The molecule has 1 fully saturated rings. The van der Waals surface area contributed by atoms with Gasteiger partial charge in [-0.05, 0) is 38.1 Å². The third-order valence-corrected chi connectivity index (χ3v) is 5.05. The largest absolute Gasteiger partial charge is 0.313 e. The minimum atomic E-state index is -0.672. The van der Waals surface area contributed by atoms with Crippen LogP contribution in [0.25, 0.3) is 0 Å². The van der Waals surface area contributed by atoms with Crippen molar-refractivity contribution in [2.75, 3.05) is 12.8 Å². The van der Waals surface area contributed by atoms with E-state index in [0.29, 0.717) is 11.3 Å². The Morgan fingerprint density at radius 3 is 2.56 bits per heavy atom. The number of hydrogen-bond donors (Lipinski definition) is 1. The lowest BCUT2D eigenvalue weighted by Gasteiger charge is -2.35. The first kappa shape index (κ1) is 14.2. The summed E-state index contributed by atoms with van der Waals surface area (Å²) in [6.07, 6.45) is 9.32. The molecule has 0 aliphatic heterocycles. The molecule has 4 unspecified atom stereocenters. The molecule has 0 saturated heterocycles. The summed E-state index contributed by atoms with van der Waals surface area (Å²) in [5, 5.41) is 3.96. The topological polar surface area (TPSA) is 29.1 Å². The van der Waals surface area contributed by atoms with Crippen LogP contribution in [0.15, 0.2) is 0 Å². The second-order valence-corrected chi connectivity index (χ2v) is 6.67. The average Bonchev–Trinajstić information content (AvgIpc) is 2.27. The van der Waals surface area contributed by atoms with Crippen molar-refractivity contribution >= 4 is 10.8 Å². The van der Waals surface area contributed by atoms with Crippen LogP contribution in [0.4, 0.5) is 0 Å². The molecule has 0 amide bonds. The second kappa shape index (κ2) is 7.44. The lowest BCUT2D eigenvalue weighted by Crippen LogP contribution is -2.46. The van der Waals surface area contributed by atoms with Crippen molar-refractivity contribution in [1.29, 1.82) is 0 Å². The zero-order valence-electron chi connectivity index (χ0n) is 11.0. The van der Waals surface area contributed by atoms with Crippen molar-refractivity contribution in [2.45, 2.75) is 63.7 Å². The molecule has 4 atom stereocenters. The van der Waals surface area contributed by atoms with Gasteiger partial charge < -0.3 is 5.32 Å². The van der Waals surface area contributed by atoms with E-state index in [1.165, 1.54) is 32.1 Å². The van der Waals surface area contributed by atoms with E-state index in [2.05, 4.69) is 19.2 Å². The maximum atomic E-state index is 11.8. The zero-order chi connectivity index (χ0) is 12.0. The quantitative estimate of drug-likeness (QED) is 0.779.